The molecule has 13 nitrogen and oxygen atoms in total. The highest BCUT2D eigenvalue weighted by molar-refractivity contribution is 7.85. The number of piperazine rings is 1. The van der Waals surface area contributed by atoms with Crippen molar-refractivity contribution >= 4 is 38.7 Å². The van der Waals surface area contributed by atoms with E-state index in [1.54, 1.807) is 24.1 Å². The molecule has 3 amide bonds. The summed E-state index contributed by atoms with van der Waals surface area (Å²) in [5.41, 5.74) is -0.430. The lowest BCUT2D eigenvalue weighted by atomic mass is 9.72. The van der Waals surface area contributed by atoms with Crippen molar-refractivity contribution in [2.45, 2.75) is 80.9 Å². The van der Waals surface area contributed by atoms with Crippen molar-refractivity contribution in [3.63, 3.8) is 0 Å². The van der Waals surface area contributed by atoms with Gasteiger partial charge < -0.3 is 25.2 Å². The zero-order valence-corrected chi connectivity index (χ0v) is 29.5. The molecule has 52 heavy (non-hydrogen) atoms. The van der Waals surface area contributed by atoms with E-state index in [2.05, 4.69) is 10.3 Å². The molecule has 1 aliphatic carbocycles. The van der Waals surface area contributed by atoms with Crippen molar-refractivity contribution in [3.8, 4) is 0 Å². The zero-order valence-electron chi connectivity index (χ0n) is 28.7. The number of H-pyrrole nitrogens is 1. The number of amides is 3. The van der Waals surface area contributed by atoms with Gasteiger partial charge in [-0.15, -0.1) is 0 Å². The van der Waals surface area contributed by atoms with Crippen LogP contribution < -0.4 is 5.32 Å². The number of aliphatic hydroxyl groups is 1. The second-order valence-corrected chi connectivity index (χ2v) is 16.0. The Hall–Kier alpha value is -4.03. The van der Waals surface area contributed by atoms with Crippen LogP contribution >= 0.6 is 0 Å². The molecule has 0 saturated carbocycles. The second-order valence-electron chi connectivity index (χ2n) is 14.6. The van der Waals surface area contributed by atoms with E-state index in [0.29, 0.717) is 43.0 Å². The maximum Gasteiger partial charge on any atom is 0.431 e. The summed E-state index contributed by atoms with van der Waals surface area (Å²) in [5, 5.41) is 15.4. The lowest BCUT2D eigenvalue weighted by Crippen LogP contribution is -2.71. The minimum absolute atomic E-state index is 0.170. The van der Waals surface area contributed by atoms with Crippen LogP contribution in [0.3, 0.4) is 0 Å². The highest BCUT2D eigenvalue weighted by Gasteiger charge is 2.70. The smallest absolute Gasteiger partial charge is 0.351 e. The van der Waals surface area contributed by atoms with Crippen LogP contribution in [-0.4, -0.2) is 112 Å². The fourth-order valence-electron chi connectivity index (χ4n) is 8.98. The van der Waals surface area contributed by atoms with Gasteiger partial charge in [0.05, 0.1) is 12.2 Å². The molecule has 4 fully saturated rings. The average Bonchev–Trinajstić information content (AvgIpc) is 3.75. The molecule has 8 rings (SSSR count). The van der Waals surface area contributed by atoms with Crippen LogP contribution in [0.25, 0.3) is 10.9 Å². The fraction of sp³-hybridized carbons (Fsp3) is 0.514. The quantitative estimate of drug-likeness (QED) is 0.293. The van der Waals surface area contributed by atoms with Crippen LogP contribution in [0.15, 0.2) is 48.5 Å². The number of likely N-dealkylation sites (tertiary alicyclic amines) is 1. The highest BCUT2D eigenvalue weighted by atomic mass is 32.2. The molecule has 0 spiro atoms. The number of nitrogens with one attached hydrogen (secondary N) is 2. The van der Waals surface area contributed by atoms with Gasteiger partial charge in [0.1, 0.15) is 17.8 Å². The molecule has 7 atom stereocenters. The molecule has 5 heterocycles. The van der Waals surface area contributed by atoms with E-state index < -0.39 is 63.4 Å². The van der Waals surface area contributed by atoms with Gasteiger partial charge in [-0.1, -0.05) is 42.5 Å². The first kappa shape index (κ1) is 36.3. The molecular formula is C35H40F3N5O8S. The van der Waals surface area contributed by atoms with Crippen molar-refractivity contribution in [1.29, 1.82) is 0 Å². The standard InChI is InChI=1S/C34H36F3N5O5.CH4O3S/c1-32(31(45)42-25(14-18-8-4-3-5-9-18)30(44)41-13-7-12-26(41)34(42,46)47-32)39-29(43)19-15-21-20-10-6-11-23-27(20)22(16-24(21)40(2)17-19)28(38-23)33(35,36)37;1-5(2,3)4/h3-6,8-11,19,21,24-26,38,46H,7,12-17H2,1-2H3,(H,39,43);1H3,(H,2,3,4)/t19-,21?,24-,25+,26+,32-,34+;/m1./s1. The maximum atomic E-state index is 14.2. The third kappa shape index (κ3) is 6.15. The SMILES string of the molecule is CN1C[C@H](C(=O)N[C@]2(C)O[C@@]3(O)[C@@H]4CCCN4C(=O)[C@H](Cc4ccccc4)N3C2=O)CC2c3cccc4[nH]c(C(F)(F)F)c(c34)C[C@H]21.CS(=O)(=O)O. The van der Waals surface area contributed by atoms with E-state index in [1.165, 1.54) is 6.92 Å². The minimum atomic E-state index is -4.52. The zero-order chi connectivity index (χ0) is 37.5. The number of ether oxygens (including phenoxy) is 1. The van der Waals surface area contributed by atoms with E-state index in [1.807, 2.05) is 41.3 Å². The number of hydrogen-bond acceptors (Lipinski definition) is 8. The van der Waals surface area contributed by atoms with Crippen LogP contribution in [0.1, 0.15) is 54.5 Å². The summed E-state index contributed by atoms with van der Waals surface area (Å²) in [5.74, 6) is -4.40. The Balaban J connectivity index is 0.000000789. The van der Waals surface area contributed by atoms with E-state index in [0.717, 1.165) is 16.0 Å². The molecule has 0 bridgehead atoms. The first-order chi connectivity index (χ1) is 24.3. The first-order valence-electron chi connectivity index (χ1n) is 17.1. The predicted molar refractivity (Wildman–Crippen MR) is 180 cm³/mol. The largest absolute Gasteiger partial charge is 0.431 e. The molecule has 2 aromatic carbocycles. The predicted octanol–water partition coefficient (Wildman–Crippen LogP) is 2.60. The number of alkyl halides is 3. The minimum Gasteiger partial charge on any atom is -0.351 e. The monoisotopic (exact) mass is 747 g/mol. The van der Waals surface area contributed by atoms with Crippen molar-refractivity contribution in [2.75, 3.05) is 26.4 Å². The van der Waals surface area contributed by atoms with Gasteiger partial charge in [-0.3, -0.25) is 28.6 Å². The lowest BCUT2D eigenvalue weighted by molar-refractivity contribution is -0.315. The van der Waals surface area contributed by atoms with E-state index in [-0.39, 0.29) is 42.8 Å². The number of hydrogen-bond donors (Lipinski definition) is 4. The summed E-state index contributed by atoms with van der Waals surface area (Å²) >= 11 is 0. The van der Waals surface area contributed by atoms with Gasteiger partial charge in [-0.05, 0) is 62.4 Å². The Bertz CT molecular complexity index is 2040. The molecule has 4 saturated heterocycles. The van der Waals surface area contributed by atoms with E-state index in [9.17, 15) is 41.1 Å². The molecule has 4 aliphatic heterocycles. The Morgan fingerprint density at radius 1 is 1.13 bits per heavy atom. The van der Waals surface area contributed by atoms with Gasteiger partial charge in [0.25, 0.3) is 21.9 Å². The van der Waals surface area contributed by atoms with Gasteiger partial charge in [0.2, 0.25) is 17.5 Å². The lowest BCUT2D eigenvalue weighted by Gasteiger charge is -2.48. The van der Waals surface area contributed by atoms with Gasteiger partial charge in [-0.25, -0.2) is 0 Å². The number of carbonyl (C=O) groups is 3. The number of rotatable bonds is 4. The summed E-state index contributed by atoms with van der Waals surface area (Å²) < 4.78 is 73.9. The highest BCUT2D eigenvalue weighted by Crippen LogP contribution is 2.49. The maximum absolute atomic E-state index is 14.2. The Morgan fingerprint density at radius 3 is 2.50 bits per heavy atom. The Kier molecular flexibility index (Phi) is 8.76. The number of fused-ring (bicyclic) bond motifs is 5. The molecule has 280 valence electrons. The summed E-state index contributed by atoms with van der Waals surface area (Å²) in [6, 6.07) is 12.4. The molecule has 17 heteroatoms. The van der Waals surface area contributed by atoms with Crippen LogP contribution in [0.5, 0.6) is 0 Å². The summed E-state index contributed by atoms with van der Waals surface area (Å²) in [7, 11) is -1.86. The third-order valence-corrected chi connectivity index (χ3v) is 11.0. The van der Waals surface area contributed by atoms with Crippen molar-refractivity contribution < 1.29 is 50.4 Å². The molecule has 0 radical (unpaired) electrons. The Labute approximate surface area is 297 Å². The third-order valence-electron chi connectivity index (χ3n) is 11.0. The number of halogens is 3. The normalized spacial score (nSPS) is 31.5. The van der Waals surface area contributed by atoms with Crippen molar-refractivity contribution in [3.05, 3.63) is 70.9 Å². The molecule has 4 N–H and O–H groups in total. The Morgan fingerprint density at radius 2 is 1.83 bits per heavy atom. The topological polar surface area (TPSA) is 173 Å². The molecule has 3 aromatic rings. The van der Waals surface area contributed by atoms with Crippen LogP contribution in [0, 0.1) is 5.92 Å². The number of piperidine rings is 1. The van der Waals surface area contributed by atoms with Crippen molar-refractivity contribution in [1.82, 2.24) is 25.0 Å². The van der Waals surface area contributed by atoms with E-state index >= 15 is 0 Å². The first-order valence-corrected chi connectivity index (χ1v) is 18.9. The van der Waals surface area contributed by atoms with Crippen LogP contribution in [0.2, 0.25) is 0 Å². The van der Waals surface area contributed by atoms with Gasteiger partial charge in [0.15, 0.2) is 0 Å². The van der Waals surface area contributed by atoms with Gasteiger partial charge >= 0.3 is 6.18 Å². The second kappa shape index (κ2) is 12.5. The summed E-state index contributed by atoms with van der Waals surface area (Å²) in [6.45, 7) is 2.10. The molecule has 1 unspecified atom stereocenters. The summed E-state index contributed by atoms with van der Waals surface area (Å²) in [4.78, 5) is 49.2. The number of nitrogens with zero attached hydrogens (tertiary/aromatic N) is 3. The van der Waals surface area contributed by atoms with E-state index in [4.69, 9.17) is 9.29 Å². The number of likely N-dealkylation sites (N-methyl/N-ethyl adjacent to an activating group) is 1. The fourth-order valence-corrected chi connectivity index (χ4v) is 8.98. The van der Waals surface area contributed by atoms with Crippen molar-refractivity contribution in [2.24, 2.45) is 5.92 Å². The molecular weight excluding hydrogens is 707 g/mol. The molecule has 5 aliphatic rings. The van der Waals surface area contributed by atoms with Crippen LogP contribution in [-0.2, 0) is 48.3 Å². The average molecular weight is 748 g/mol. The number of carbonyl (C=O) groups excluding carboxylic acids is 3. The number of aromatic nitrogens is 1. The number of benzene rings is 2. The summed E-state index contributed by atoms with van der Waals surface area (Å²) in [6.07, 6.45) is -2.01. The van der Waals surface area contributed by atoms with Gasteiger partial charge in [-0.2, -0.15) is 21.6 Å². The molecule has 1 aromatic heterocycles. The number of aromatic amines is 1. The van der Waals surface area contributed by atoms with Gasteiger partial charge in [0, 0.05) is 42.4 Å². The van der Waals surface area contributed by atoms with Crippen LogP contribution in [0.4, 0.5) is 13.2 Å².